The van der Waals surface area contributed by atoms with Crippen molar-refractivity contribution in [3.05, 3.63) is 35.9 Å². The van der Waals surface area contributed by atoms with Crippen LogP contribution < -0.4 is 0 Å². The molecule has 0 aliphatic carbocycles. The van der Waals surface area contributed by atoms with Crippen LogP contribution in [0.1, 0.15) is 12.0 Å². The molecule has 1 fully saturated rings. The van der Waals surface area contributed by atoms with Crippen LogP contribution in [0.15, 0.2) is 30.3 Å². The lowest BCUT2D eigenvalue weighted by Gasteiger charge is -2.31. The summed E-state index contributed by atoms with van der Waals surface area (Å²) in [6, 6.07) is 8.65. The van der Waals surface area contributed by atoms with E-state index in [0.29, 0.717) is 0 Å². The maximum Gasteiger partial charge on any atom is 0.338 e. The summed E-state index contributed by atoms with van der Waals surface area (Å²) in [5.74, 6) is -4.41. The topological polar surface area (TPSA) is 18.5 Å². The second-order valence-electron chi connectivity index (χ2n) is 6.90. The smallest absolute Gasteiger partial charge is 0.338 e. The van der Waals surface area contributed by atoms with Crippen molar-refractivity contribution in [2.75, 3.05) is 0 Å². The predicted octanol–water partition coefficient (Wildman–Crippen LogP) is 4.80. The van der Waals surface area contributed by atoms with Crippen molar-refractivity contribution in [1.29, 1.82) is 0 Å². The third kappa shape index (κ3) is 3.65. The molecule has 1 aromatic rings. The SMILES string of the molecule is C[Si](C)(C)OC1OC(CCc2ccccc2)C(F)(C(F)F)C1(F)F. The monoisotopic (exact) mass is 368 g/mol. The van der Waals surface area contributed by atoms with E-state index in [9.17, 15) is 22.0 Å². The number of aryl methyl sites for hydroxylation is 1. The minimum atomic E-state index is -4.41. The maximum absolute atomic E-state index is 14.7. The minimum Gasteiger partial charge on any atom is -0.389 e. The van der Waals surface area contributed by atoms with Crippen molar-refractivity contribution in [3.8, 4) is 0 Å². The zero-order chi connectivity index (χ0) is 18.2. The average Bonchev–Trinajstić information content (AvgIpc) is 2.66. The molecule has 0 bridgehead atoms. The van der Waals surface area contributed by atoms with Gasteiger partial charge in [-0.25, -0.2) is 13.2 Å². The largest absolute Gasteiger partial charge is 0.389 e. The van der Waals surface area contributed by atoms with Crippen molar-refractivity contribution < 1.29 is 31.1 Å². The summed E-state index contributed by atoms with van der Waals surface area (Å²) in [5, 5.41) is 0. The van der Waals surface area contributed by atoms with E-state index in [2.05, 4.69) is 0 Å². The number of benzene rings is 1. The van der Waals surface area contributed by atoms with E-state index in [1.807, 2.05) is 0 Å². The highest BCUT2D eigenvalue weighted by Crippen LogP contribution is 2.52. The molecule has 0 spiro atoms. The van der Waals surface area contributed by atoms with Gasteiger partial charge in [0.1, 0.15) is 6.10 Å². The summed E-state index contributed by atoms with van der Waals surface area (Å²) in [6.07, 6.45) is -8.23. The number of alkyl halides is 5. The molecule has 2 rings (SSSR count). The molecule has 1 aliphatic heterocycles. The van der Waals surface area contributed by atoms with Crippen LogP contribution in [0.5, 0.6) is 0 Å². The third-order valence-corrected chi connectivity index (χ3v) is 4.80. The quantitative estimate of drug-likeness (QED) is 0.530. The Kier molecular flexibility index (Phi) is 5.42. The standard InChI is InChI=1S/C16H21F5O2Si/c1-24(2,3)23-14-16(20,21)15(19,13(17)18)12(22-14)10-9-11-7-5-4-6-8-11/h4-8,12-14H,9-10H2,1-3H3. The Morgan fingerprint density at radius 2 is 1.71 bits per heavy atom. The highest BCUT2D eigenvalue weighted by Gasteiger charge is 2.76. The fraction of sp³-hybridized carbons (Fsp3) is 0.625. The number of hydrogen-bond donors (Lipinski definition) is 0. The van der Waals surface area contributed by atoms with Crippen molar-refractivity contribution in [2.45, 2.75) is 62.9 Å². The molecular formula is C16H21F5O2Si. The van der Waals surface area contributed by atoms with Gasteiger partial charge in [0, 0.05) is 0 Å². The first-order chi connectivity index (χ1) is 11.0. The lowest BCUT2D eigenvalue weighted by molar-refractivity contribution is -0.221. The second-order valence-corrected chi connectivity index (χ2v) is 11.4. The van der Waals surface area contributed by atoms with Crippen LogP contribution in [0.3, 0.4) is 0 Å². The molecule has 1 saturated heterocycles. The van der Waals surface area contributed by atoms with Crippen LogP contribution in [0.4, 0.5) is 22.0 Å². The first kappa shape index (κ1) is 19.3. The summed E-state index contributed by atoms with van der Waals surface area (Å²) >= 11 is 0. The van der Waals surface area contributed by atoms with E-state index >= 15 is 0 Å². The highest BCUT2D eigenvalue weighted by molar-refractivity contribution is 6.69. The van der Waals surface area contributed by atoms with Gasteiger partial charge in [-0.1, -0.05) is 30.3 Å². The Morgan fingerprint density at radius 3 is 2.21 bits per heavy atom. The number of hydrogen-bond acceptors (Lipinski definition) is 2. The van der Waals surface area contributed by atoms with E-state index < -0.39 is 38.7 Å². The molecule has 0 amide bonds. The lowest BCUT2D eigenvalue weighted by atomic mass is 9.90. The summed E-state index contributed by atoms with van der Waals surface area (Å²) in [7, 11) is -2.54. The van der Waals surface area contributed by atoms with Gasteiger partial charge in [0.25, 0.3) is 12.1 Å². The zero-order valence-electron chi connectivity index (χ0n) is 13.7. The van der Waals surface area contributed by atoms with Crippen LogP contribution in [-0.4, -0.2) is 38.7 Å². The number of halogens is 5. The minimum absolute atomic E-state index is 0.152. The van der Waals surface area contributed by atoms with Gasteiger partial charge in [0.05, 0.1) is 0 Å². The molecule has 0 saturated carbocycles. The third-order valence-electron chi connectivity index (χ3n) is 3.88. The highest BCUT2D eigenvalue weighted by atomic mass is 28.4. The van der Waals surface area contributed by atoms with Gasteiger partial charge in [-0.05, 0) is 38.0 Å². The van der Waals surface area contributed by atoms with E-state index in [4.69, 9.17) is 9.16 Å². The molecule has 0 aromatic heterocycles. The van der Waals surface area contributed by atoms with Gasteiger partial charge in [-0.15, -0.1) is 0 Å². The fourth-order valence-corrected chi connectivity index (χ4v) is 3.50. The summed E-state index contributed by atoms with van der Waals surface area (Å²) in [5.41, 5.74) is -3.33. The van der Waals surface area contributed by atoms with Crippen molar-refractivity contribution in [2.24, 2.45) is 0 Å². The normalized spacial score (nSPS) is 30.0. The Hall–Kier alpha value is -0.993. The molecule has 0 N–H and O–H groups in total. The number of ether oxygens (including phenoxy) is 1. The second kappa shape index (κ2) is 6.72. The predicted molar refractivity (Wildman–Crippen MR) is 82.6 cm³/mol. The Bertz CT molecular complexity index is 549. The van der Waals surface area contributed by atoms with Crippen molar-refractivity contribution >= 4 is 8.32 Å². The van der Waals surface area contributed by atoms with Crippen molar-refractivity contribution in [1.82, 2.24) is 0 Å². The molecule has 8 heteroatoms. The molecule has 24 heavy (non-hydrogen) atoms. The first-order valence-corrected chi connectivity index (χ1v) is 11.1. The first-order valence-electron chi connectivity index (χ1n) is 7.70. The summed E-state index contributed by atoms with van der Waals surface area (Å²) in [4.78, 5) is 0. The van der Waals surface area contributed by atoms with Crippen LogP contribution in [0.25, 0.3) is 0 Å². The van der Waals surface area contributed by atoms with E-state index in [0.717, 1.165) is 5.56 Å². The van der Waals surface area contributed by atoms with Crippen LogP contribution >= 0.6 is 0 Å². The van der Waals surface area contributed by atoms with Gasteiger partial charge in [-0.3, -0.25) is 0 Å². The fourth-order valence-electron chi connectivity index (χ4n) is 2.66. The molecule has 3 unspecified atom stereocenters. The van der Waals surface area contributed by atoms with Gasteiger partial charge >= 0.3 is 5.92 Å². The Balaban J connectivity index is 2.22. The molecule has 2 nitrogen and oxygen atoms in total. The molecule has 3 atom stereocenters. The van der Waals surface area contributed by atoms with Gasteiger partial charge in [-0.2, -0.15) is 8.78 Å². The van der Waals surface area contributed by atoms with E-state index in [-0.39, 0.29) is 12.8 Å². The van der Waals surface area contributed by atoms with E-state index in [1.54, 1.807) is 50.0 Å². The maximum atomic E-state index is 14.7. The van der Waals surface area contributed by atoms with Gasteiger partial charge in [0.2, 0.25) is 6.29 Å². The molecule has 1 heterocycles. The van der Waals surface area contributed by atoms with Crippen LogP contribution in [-0.2, 0) is 15.6 Å². The average molecular weight is 368 g/mol. The van der Waals surface area contributed by atoms with Crippen LogP contribution in [0.2, 0.25) is 19.6 Å². The summed E-state index contributed by atoms with van der Waals surface area (Å²) in [6.45, 7) is 4.81. The molecular weight excluding hydrogens is 347 g/mol. The zero-order valence-corrected chi connectivity index (χ0v) is 14.7. The lowest BCUT2D eigenvalue weighted by Crippen LogP contribution is -2.56. The Morgan fingerprint density at radius 1 is 1.12 bits per heavy atom. The Labute approximate surface area is 139 Å². The summed E-state index contributed by atoms with van der Waals surface area (Å²) < 4.78 is 79.9. The van der Waals surface area contributed by atoms with E-state index in [1.165, 1.54) is 0 Å². The van der Waals surface area contributed by atoms with Crippen molar-refractivity contribution in [3.63, 3.8) is 0 Å². The van der Waals surface area contributed by atoms with Gasteiger partial charge < -0.3 is 9.16 Å². The molecule has 136 valence electrons. The number of rotatable bonds is 6. The molecule has 1 aliphatic rings. The molecule has 0 radical (unpaired) electrons. The van der Waals surface area contributed by atoms with Gasteiger partial charge in [0.15, 0.2) is 8.32 Å². The molecule has 1 aromatic carbocycles. The van der Waals surface area contributed by atoms with Crippen LogP contribution in [0, 0.1) is 0 Å².